The third-order valence-electron chi connectivity index (χ3n) is 3.87. The lowest BCUT2D eigenvalue weighted by Gasteiger charge is -2.26. The highest BCUT2D eigenvalue weighted by atomic mass is 31.2. The highest BCUT2D eigenvalue weighted by Crippen LogP contribution is 2.44. The van der Waals surface area contributed by atoms with Crippen LogP contribution in [-0.2, 0) is 5.41 Å². The van der Waals surface area contributed by atoms with Crippen molar-refractivity contribution in [2.24, 2.45) is 0 Å². The molecule has 0 radical (unpaired) electrons. The number of hydrogen-bond donors (Lipinski definition) is 6. The average molecular weight is 358 g/mol. The van der Waals surface area contributed by atoms with Gasteiger partial charge in [0.25, 0.3) is 0 Å². The van der Waals surface area contributed by atoms with E-state index in [1.54, 1.807) is 24.3 Å². The molecule has 0 atom stereocenters. The monoisotopic (exact) mass is 358 g/mol. The van der Waals surface area contributed by atoms with Gasteiger partial charge < -0.3 is 0 Å². The van der Waals surface area contributed by atoms with Crippen molar-refractivity contribution < 1.29 is 29.4 Å². The van der Waals surface area contributed by atoms with Gasteiger partial charge in [0.15, 0.2) is 10.6 Å². The predicted octanol–water partition coefficient (Wildman–Crippen LogP) is 0.742. The molecule has 23 heavy (non-hydrogen) atoms. The summed E-state index contributed by atoms with van der Waals surface area (Å²) in [5.74, 6) is 0. The molecule has 0 amide bonds. The number of benzene rings is 2. The van der Waals surface area contributed by atoms with Crippen LogP contribution in [0.1, 0.15) is 25.0 Å². The molecule has 0 aliphatic heterocycles. The topological polar surface area (TPSA) is 121 Å². The minimum absolute atomic E-state index is 0.0721. The Morgan fingerprint density at radius 2 is 0.826 bits per heavy atom. The minimum Gasteiger partial charge on any atom is -0.189 e. The normalized spacial score (nSPS) is 13.2. The van der Waals surface area contributed by atoms with Crippen molar-refractivity contribution in [2.75, 3.05) is 0 Å². The Labute approximate surface area is 135 Å². The molecule has 0 aromatic heterocycles. The summed E-state index contributed by atoms with van der Waals surface area (Å²) in [5, 5.41) is 0.144. The number of rotatable bonds is 4. The van der Waals surface area contributed by atoms with Crippen LogP contribution in [0.15, 0.2) is 48.5 Å². The first kappa shape index (κ1) is 18.4. The van der Waals surface area contributed by atoms with Crippen molar-refractivity contribution in [3.8, 4) is 0 Å². The maximum absolute atomic E-state index is 9.26. The smallest absolute Gasteiger partial charge is 0.189 e. The van der Waals surface area contributed by atoms with E-state index in [1.807, 2.05) is 13.8 Å². The van der Waals surface area contributed by atoms with E-state index >= 15 is 0 Å². The lowest BCUT2D eigenvalue weighted by atomic mass is 9.78. The van der Waals surface area contributed by atoms with Crippen LogP contribution in [0.4, 0.5) is 0 Å². The van der Waals surface area contributed by atoms with Gasteiger partial charge in [0.1, 0.15) is 0 Å². The summed E-state index contributed by atoms with van der Waals surface area (Å²) in [7, 11) is -8.03. The van der Waals surface area contributed by atoms with Crippen molar-refractivity contribution in [1.82, 2.24) is 0 Å². The zero-order chi connectivity index (χ0) is 17.5. The quantitative estimate of drug-likeness (QED) is 0.449. The predicted molar refractivity (Wildman–Crippen MR) is 91.4 cm³/mol. The van der Waals surface area contributed by atoms with Crippen molar-refractivity contribution in [3.63, 3.8) is 0 Å². The second kappa shape index (κ2) is 6.17. The zero-order valence-electron chi connectivity index (χ0n) is 12.7. The molecule has 2 aromatic rings. The van der Waals surface area contributed by atoms with E-state index < -0.39 is 21.3 Å². The first-order chi connectivity index (χ1) is 10.4. The molecule has 0 fully saturated rings. The van der Waals surface area contributed by atoms with Crippen LogP contribution in [0.2, 0.25) is 0 Å². The van der Waals surface area contributed by atoms with E-state index in [2.05, 4.69) is 0 Å². The highest BCUT2D eigenvalue weighted by molar-refractivity contribution is 7.67. The van der Waals surface area contributed by atoms with Crippen LogP contribution in [-0.4, -0.2) is 29.4 Å². The van der Waals surface area contributed by atoms with Gasteiger partial charge in [-0.25, -0.2) is 0 Å². The van der Waals surface area contributed by atoms with Crippen molar-refractivity contribution in [3.05, 3.63) is 59.7 Å². The second-order valence-electron chi connectivity index (χ2n) is 5.86. The van der Waals surface area contributed by atoms with Crippen LogP contribution in [0.25, 0.3) is 0 Å². The Balaban J connectivity index is 2.34. The molecule has 2 rings (SSSR count). The lowest BCUT2D eigenvalue weighted by molar-refractivity contribution is 0.345. The largest absolute Gasteiger partial charge is 0.440 e. The standard InChI is InChI=1S/C15H20O6P2/c1-15(2,11-3-7-13(8-4-11)22(16,17)18)12-5-9-14(10-6-12)23(19,20)21/h3-10,16-21H,1-2H3/q+2. The third-order valence-corrected chi connectivity index (χ3v) is 5.85. The molecule has 0 unspecified atom stereocenters. The van der Waals surface area contributed by atoms with E-state index in [0.29, 0.717) is 0 Å². The SMILES string of the molecule is CC(C)(c1ccc([P+](O)(O)O)cc1)c1ccc([P+](O)(O)O)cc1. The molecule has 0 aliphatic rings. The molecule has 2 aromatic carbocycles. The summed E-state index contributed by atoms with van der Waals surface area (Å²) in [6, 6.07) is 12.6. The van der Waals surface area contributed by atoms with Crippen LogP contribution >= 0.6 is 15.9 Å². The first-order valence-electron chi connectivity index (χ1n) is 6.79. The summed E-state index contributed by atoms with van der Waals surface area (Å²) < 4.78 is 0. The van der Waals surface area contributed by atoms with Gasteiger partial charge in [0.05, 0.1) is 0 Å². The molecule has 0 bridgehead atoms. The molecular weight excluding hydrogens is 338 g/mol. The van der Waals surface area contributed by atoms with E-state index in [4.69, 9.17) is 0 Å². The van der Waals surface area contributed by atoms with Crippen LogP contribution in [0, 0.1) is 0 Å². The van der Waals surface area contributed by atoms with Crippen molar-refractivity contribution in [2.45, 2.75) is 19.3 Å². The van der Waals surface area contributed by atoms with Gasteiger partial charge in [-0.15, -0.1) is 0 Å². The van der Waals surface area contributed by atoms with E-state index in [0.717, 1.165) is 11.1 Å². The van der Waals surface area contributed by atoms with Crippen molar-refractivity contribution >= 4 is 26.5 Å². The van der Waals surface area contributed by atoms with Crippen LogP contribution in [0.5, 0.6) is 0 Å². The molecule has 0 heterocycles. The molecule has 0 saturated heterocycles. The van der Waals surface area contributed by atoms with Gasteiger partial charge >= 0.3 is 15.9 Å². The molecular formula is C15H20O6P2+2. The van der Waals surface area contributed by atoms with Gasteiger partial charge in [-0.3, -0.25) is 0 Å². The van der Waals surface area contributed by atoms with E-state index in [9.17, 15) is 29.4 Å². The van der Waals surface area contributed by atoms with Gasteiger partial charge in [-0.05, 0) is 35.4 Å². The van der Waals surface area contributed by atoms with E-state index in [-0.39, 0.29) is 10.6 Å². The molecule has 6 N–H and O–H groups in total. The Morgan fingerprint density at radius 3 is 1.04 bits per heavy atom. The molecule has 0 saturated carbocycles. The Bertz CT molecular complexity index is 610. The molecule has 0 aliphatic carbocycles. The maximum Gasteiger partial charge on any atom is 0.440 e. The van der Waals surface area contributed by atoms with Gasteiger partial charge in [0.2, 0.25) is 0 Å². The zero-order valence-corrected chi connectivity index (χ0v) is 14.5. The van der Waals surface area contributed by atoms with E-state index in [1.165, 1.54) is 24.3 Å². The van der Waals surface area contributed by atoms with Gasteiger partial charge in [-0.1, -0.05) is 38.1 Å². The third kappa shape index (κ3) is 4.13. The fourth-order valence-electron chi connectivity index (χ4n) is 2.32. The molecule has 6 nitrogen and oxygen atoms in total. The average Bonchev–Trinajstić information content (AvgIpc) is 2.46. The van der Waals surface area contributed by atoms with Gasteiger partial charge in [0, 0.05) is 5.41 Å². The highest BCUT2D eigenvalue weighted by Gasteiger charge is 2.36. The molecule has 8 heteroatoms. The Morgan fingerprint density at radius 1 is 0.565 bits per heavy atom. The fraction of sp³-hybridized carbons (Fsp3) is 0.200. The molecule has 0 spiro atoms. The van der Waals surface area contributed by atoms with Crippen LogP contribution < -0.4 is 10.6 Å². The summed E-state index contributed by atoms with van der Waals surface area (Å²) in [4.78, 5) is 55.6. The summed E-state index contributed by atoms with van der Waals surface area (Å²) in [6.07, 6.45) is 0. The second-order valence-corrected chi connectivity index (χ2v) is 9.16. The first-order valence-corrected chi connectivity index (χ1v) is 10.1. The molecule has 124 valence electrons. The number of hydrogen-bond acceptors (Lipinski definition) is 6. The maximum atomic E-state index is 9.26. The van der Waals surface area contributed by atoms with Crippen molar-refractivity contribution in [1.29, 1.82) is 0 Å². The lowest BCUT2D eigenvalue weighted by Crippen LogP contribution is -2.21. The summed E-state index contributed by atoms with van der Waals surface area (Å²) in [5.41, 5.74) is 1.31. The summed E-state index contributed by atoms with van der Waals surface area (Å²) in [6.45, 7) is 3.91. The summed E-state index contributed by atoms with van der Waals surface area (Å²) >= 11 is 0. The Hall–Kier alpha value is -0.940. The fourth-order valence-corrected chi connectivity index (χ4v) is 3.42. The van der Waals surface area contributed by atoms with Crippen LogP contribution in [0.3, 0.4) is 0 Å². The Kier molecular flexibility index (Phi) is 4.94. The van der Waals surface area contributed by atoms with Gasteiger partial charge in [-0.2, -0.15) is 29.4 Å². The minimum atomic E-state index is -4.02.